The minimum absolute atomic E-state index is 0.905. The van der Waals surface area contributed by atoms with E-state index in [2.05, 4.69) is 431 Å². The molecule has 3 heterocycles. The van der Waals surface area contributed by atoms with Crippen LogP contribution in [0.4, 0.5) is 34.1 Å². The van der Waals surface area contributed by atoms with Crippen molar-refractivity contribution in [2.45, 2.75) is 0 Å². The summed E-state index contributed by atoms with van der Waals surface area (Å²) in [6, 6.07) is 152. The molecule has 0 radical (unpaired) electrons. The number of para-hydroxylation sites is 6. The minimum Gasteiger partial charge on any atom is -0.455 e. The van der Waals surface area contributed by atoms with Gasteiger partial charge in [-0.05, 0) is 195 Å². The van der Waals surface area contributed by atoms with Gasteiger partial charge in [0.25, 0.3) is 0 Å². The second-order valence-corrected chi connectivity index (χ2v) is 27.2. The van der Waals surface area contributed by atoms with Crippen LogP contribution in [-0.2, 0) is 0 Å². The van der Waals surface area contributed by atoms with E-state index in [4.69, 9.17) is 4.42 Å². The lowest BCUT2D eigenvalue weighted by Gasteiger charge is -2.26. The summed E-state index contributed by atoms with van der Waals surface area (Å²) in [5, 5.41) is 7.21. The first-order chi connectivity index (χ1) is 53.1. The number of nitrogens with zero attached hydrogens (tertiary/aromatic N) is 4. The lowest BCUT2D eigenvalue weighted by molar-refractivity contribution is 0.670. The molecule has 0 amide bonds. The summed E-state index contributed by atoms with van der Waals surface area (Å²) in [5.41, 5.74) is 29.7. The van der Waals surface area contributed by atoms with Gasteiger partial charge in [0.15, 0.2) is 0 Å². The molecule has 0 saturated carbocycles. The predicted octanol–water partition coefficient (Wildman–Crippen LogP) is 28.4. The maximum absolute atomic E-state index is 6.43. The van der Waals surface area contributed by atoms with E-state index in [1.54, 1.807) is 0 Å². The molecule has 0 bridgehead atoms. The van der Waals surface area contributed by atoms with Crippen molar-refractivity contribution in [3.05, 3.63) is 425 Å². The lowest BCUT2D eigenvalue weighted by atomic mass is 10.00. The summed E-state index contributed by atoms with van der Waals surface area (Å²) in [6.45, 7) is 0. The van der Waals surface area contributed by atoms with Crippen LogP contribution in [0.1, 0.15) is 0 Å². The van der Waals surface area contributed by atoms with Crippen molar-refractivity contribution < 1.29 is 4.42 Å². The molecule has 0 aliphatic carbocycles. The molecule has 0 atom stereocenters. The van der Waals surface area contributed by atoms with Gasteiger partial charge in [-0.15, -0.1) is 0 Å². The normalized spacial score (nSPS) is 11.4. The molecular weight excluding hydrogens is 1300 g/mol. The second-order valence-electron chi connectivity index (χ2n) is 27.2. The molecule has 3 aromatic heterocycles. The van der Waals surface area contributed by atoms with Crippen molar-refractivity contribution in [3.63, 3.8) is 0 Å². The van der Waals surface area contributed by atoms with Crippen LogP contribution in [0.5, 0.6) is 0 Å². The third-order valence-electron chi connectivity index (χ3n) is 20.8. The zero-order valence-corrected chi connectivity index (χ0v) is 58.6. The van der Waals surface area contributed by atoms with Crippen molar-refractivity contribution in [3.8, 4) is 78.1 Å². The average molecular weight is 1370 g/mol. The lowest BCUT2D eigenvalue weighted by Crippen LogP contribution is -2.10. The monoisotopic (exact) mass is 1370 g/mol. The van der Waals surface area contributed by atoms with E-state index in [9.17, 15) is 0 Å². The number of rotatable bonds is 14. The molecule has 0 spiro atoms. The van der Waals surface area contributed by atoms with Gasteiger partial charge in [-0.25, -0.2) is 0 Å². The van der Waals surface area contributed by atoms with Gasteiger partial charge in [0, 0.05) is 83.4 Å². The van der Waals surface area contributed by atoms with Crippen molar-refractivity contribution in [1.82, 2.24) is 9.13 Å². The van der Waals surface area contributed by atoms with Crippen molar-refractivity contribution in [2.75, 3.05) is 9.80 Å². The van der Waals surface area contributed by atoms with Gasteiger partial charge in [0.1, 0.15) is 11.2 Å². The Balaban J connectivity index is 0.000000147. The van der Waals surface area contributed by atoms with Crippen LogP contribution in [0.25, 0.3) is 144 Å². The van der Waals surface area contributed by atoms with Crippen molar-refractivity contribution in [2.24, 2.45) is 0 Å². The maximum Gasteiger partial charge on any atom is 0.143 e. The standard InChI is InChI=1S/C54H36N2O.C48H34N2/c1-3-12-37(13-4-1)38-22-24-39(25-23-38)40-26-30-43(31-27-40)55(44-32-28-41(29-33-44)46-18-11-19-49-48-17-8-10-21-53(48)57-54(46)49)45-34-35-52-50(36-45)47-16-7-9-20-51(47)56(52)42-14-5-2-6-15-42;1-4-12-35(13-5-1)37-20-27-42(28-21-37)49(43-29-22-38(23-30-43)36-14-6-2-7-15-36)44-31-24-39(25-32-44)40-26-33-48-46(34-40)45-18-10-11-19-47(45)50(48)41-16-8-3-9-17-41/h1-36H;1-34H. The summed E-state index contributed by atoms with van der Waals surface area (Å²) in [5.74, 6) is 0. The molecule has 0 N–H and O–H groups in total. The van der Waals surface area contributed by atoms with Crippen molar-refractivity contribution in [1.29, 1.82) is 0 Å². The van der Waals surface area contributed by atoms with Gasteiger partial charge >= 0.3 is 0 Å². The van der Waals surface area contributed by atoms with E-state index in [0.29, 0.717) is 0 Å². The fourth-order valence-corrected chi connectivity index (χ4v) is 15.6. The second kappa shape index (κ2) is 27.8. The van der Waals surface area contributed by atoms with E-state index in [1.165, 1.54) is 105 Å². The topological polar surface area (TPSA) is 29.5 Å². The van der Waals surface area contributed by atoms with E-state index in [0.717, 1.165) is 72.9 Å². The molecular formula is C102H70N4O. The number of fused-ring (bicyclic) bond motifs is 9. The first kappa shape index (κ1) is 63.6. The molecule has 0 saturated heterocycles. The summed E-state index contributed by atoms with van der Waals surface area (Å²) < 4.78 is 11.2. The van der Waals surface area contributed by atoms with Crippen LogP contribution in [-0.4, -0.2) is 9.13 Å². The smallest absolute Gasteiger partial charge is 0.143 e. The minimum atomic E-state index is 0.905. The number of hydrogen-bond acceptors (Lipinski definition) is 3. The molecule has 17 aromatic carbocycles. The number of anilines is 6. The van der Waals surface area contributed by atoms with Gasteiger partial charge in [0.05, 0.1) is 22.1 Å². The summed E-state index contributed by atoms with van der Waals surface area (Å²) in [6.07, 6.45) is 0. The summed E-state index contributed by atoms with van der Waals surface area (Å²) in [7, 11) is 0. The quantitative estimate of drug-likeness (QED) is 0.109. The Morgan fingerprint density at radius 1 is 0.178 bits per heavy atom. The van der Waals surface area contributed by atoms with Crippen molar-refractivity contribution >= 4 is 99.7 Å². The van der Waals surface area contributed by atoms with Crippen LogP contribution >= 0.6 is 0 Å². The fraction of sp³-hybridized carbons (Fsp3) is 0. The van der Waals surface area contributed by atoms with Crippen LogP contribution < -0.4 is 9.80 Å². The van der Waals surface area contributed by atoms with Gasteiger partial charge in [0.2, 0.25) is 0 Å². The van der Waals surface area contributed by atoms with E-state index >= 15 is 0 Å². The molecule has 0 unspecified atom stereocenters. The van der Waals surface area contributed by atoms with Gasteiger partial charge in [-0.3, -0.25) is 0 Å². The molecule has 20 rings (SSSR count). The molecule has 0 aliphatic heterocycles. The summed E-state index contributed by atoms with van der Waals surface area (Å²) >= 11 is 0. The Hall–Kier alpha value is -14.3. The largest absolute Gasteiger partial charge is 0.455 e. The fourth-order valence-electron chi connectivity index (χ4n) is 15.6. The maximum atomic E-state index is 6.43. The van der Waals surface area contributed by atoms with Gasteiger partial charge in [-0.1, -0.05) is 291 Å². The summed E-state index contributed by atoms with van der Waals surface area (Å²) in [4.78, 5) is 4.70. The highest BCUT2D eigenvalue weighted by atomic mass is 16.3. The van der Waals surface area contributed by atoms with Crippen LogP contribution in [0.3, 0.4) is 0 Å². The number of aromatic nitrogens is 2. The zero-order chi connectivity index (χ0) is 71.0. The average Bonchev–Trinajstić information content (AvgIpc) is 1.61. The Morgan fingerprint density at radius 3 is 0.907 bits per heavy atom. The van der Waals surface area contributed by atoms with Gasteiger partial charge in [-0.2, -0.15) is 0 Å². The molecule has 0 fully saturated rings. The Morgan fingerprint density at radius 2 is 0.467 bits per heavy atom. The number of furan rings is 1. The molecule has 5 nitrogen and oxygen atoms in total. The van der Waals surface area contributed by atoms with E-state index in [-0.39, 0.29) is 0 Å². The van der Waals surface area contributed by atoms with Crippen LogP contribution in [0, 0.1) is 0 Å². The SMILES string of the molecule is c1ccc(-c2ccc(-c3ccc(N(c4ccc(-c5cccc6c5oc5ccccc56)cc4)c4ccc5c(c4)c4ccccc4n5-c4ccccc4)cc3)cc2)cc1.c1ccc(-c2ccc(N(c3ccc(-c4ccccc4)cc3)c3ccc(-c4ccc5c(c4)c4ccccc4n5-c4ccccc4)cc3)cc2)cc1. The molecule has 20 aromatic rings. The predicted molar refractivity (Wildman–Crippen MR) is 451 cm³/mol. The molecule has 107 heavy (non-hydrogen) atoms. The highest BCUT2D eigenvalue weighted by molar-refractivity contribution is 6.13. The van der Waals surface area contributed by atoms with Gasteiger partial charge < -0.3 is 23.4 Å². The Bertz CT molecular complexity index is 6450. The Labute approximate surface area is 621 Å². The first-order valence-corrected chi connectivity index (χ1v) is 36.5. The highest BCUT2D eigenvalue weighted by Gasteiger charge is 2.21. The highest BCUT2D eigenvalue weighted by Crippen LogP contribution is 2.45. The molecule has 0 aliphatic rings. The zero-order valence-electron chi connectivity index (χ0n) is 58.6. The van der Waals surface area contributed by atoms with E-state index in [1.807, 2.05) is 12.1 Å². The number of benzene rings is 17. The van der Waals surface area contributed by atoms with E-state index < -0.39 is 0 Å². The molecule has 5 heteroatoms. The number of hydrogen-bond donors (Lipinski definition) is 0. The van der Waals surface area contributed by atoms with Crippen LogP contribution in [0.15, 0.2) is 429 Å². The molecule has 504 valence electrons. The first-order valence-electron chi connectivity index (χ1n) is 36.5. The Kier molecular flexibility index (Phi) is 16.6. The third-order valence-corrected chi connectivity index (χ3v) is 20.8. The third kappa shape index (κ3) is 12.1. The van der Waals surface area contributed by atoms with Crippen LogP contribution in [0.2, 0.25) is 0 Å².